The maximum atomic E-state index is 13.5. The van der Waals surface area contributed by atoms with E-state index in [0.29, 0.717) is 43.0 Å². The Morgan fingerprint density at radius 3 is 2.60 bits per heavy atom. The van der Waals surface area contributed by atoms with Crippen molar-refractivity contribution in [1.82, 2.24) is 10.2 Å². The Bertz CT molecular complexity index is 1090. The number of nitrogens with zero attached hydrogens (tertiary/aromatic N) is 2. The summed E-state index contributed by atoms with van der Waals surface area (Å²) in [5.41, 5.74) is 0.978. The summed E-state index contributed by atoms with van der Waals surface area (Å²) in [6.07, 6.45) is -2.44. The third-order valence-electron chi connectivity index (χ3n) is 6.04. The van der Waals surface area contributed by atoms with Crippen LogP contribution in [0.3, 0.4) is 0 Å². The van der Waals surface area contributed by atoms with Crippen molar-refractivity contribution in [3.05, 3.63) is 53.1 Å². The zero-order valence-electron chi connectivity index (χ0n) is 19.3. The maximum absolute atomic E-state index is 13.5. The van der Waals surface area contributed by atoms with Crippen LogP contribution in [0.25, 0.3) is 0 Å². The Balaban J connectivity index is 1.40. The molecule has 0 radical (unpaired) electrons. The molecule has 2 aliphatic heterocycles. The van der Waals surface area contributed by atoms with Gasteiger partial charge in [-0.3, -0.25) is 14.6 Å². The molecule has 0 atom stereocenters. The highest BCUT2D eigenvalue weighted by atomic mass is 32.2. The molecule has 1 fully saturated rings. The lowest BCUT2D eigenvalue weighted by Crippen LogP contribution is -2.41. The number of anilines is 2. The second kappa shape index (κ2) is 10.9. The SMILES string of the molecule is CSc1cc2c(cc1C(F)(F)F)N(C(=O)Nc1cccc(C(=O)NCCN3CCOCC3)c1)CC2. The molecule has 1 saturated heterocycles. The number of nitrogens with one attached hydrogen (secondary N) is 2. The standard InChI is InChI=1S/C24H27F3N4O3S/c1-35-21-14-16-5-7-31(20(16)15-19(21)24(25,26)27)23(33)29-18-4-2-3-17(13-18)22(32)28-6-8-30-9-11-34-12-10-30/h2-4,13-15H,5-12H2,1H3,(H,28,32)(H,29,33). The zero-order valence-corrected chi connectivity index (χ0v) is 20.1. The molecule has 2 heterocycles. The Labute approximate surface area is 206 Å². The maximum Gasteiger partial charge on any atom is 0.417 e. The zero-order chi connectivity index (χ0) is 25.0. The molecule has 35 heavy (non-hydrogen) atoms. The van der Waals surface area contributed by atoms with Crippen LogP contribution in [0.1, 0.15) is 21.5 Å². The van der Waals surface area contributed by atoms with Gasteiger partial charge in [0.25, 0.3) is 5.91 Å². The molecule has 2 N–H and O–H groups in total. The first-order valence-corrected chi connectivity index (χ1v) is 12.5. The number of ether oxygens (including phenoxy) is 1. The van der Waals surface area contributed by atoms with Crippen molar-refractivity contribution in [2.75, 3.05) is 62.4 Å². The van der Waals surface area contributed by atoms with Gasteiger partial charge in [-0.2, -0.15) is 13.2 Å². The molecule has 11 heteroatoms. The van der Waals surface area contributed by atoms with E-state index < -0.39 is 17.8 Å². The molecule has 4 rings (SSSR count). The topological polar surface area (TPSA) is 73.9 Å². The molecule has 0 aliphatic carbocycles. The van der Waals surface area contributed by atoms with Crippen LogP contribution in [0.2, 0.25) is 0 Å². The summed E-state index contributed by atoms with van der Waals surface area (Å²) < 4.78 is 45.9. The number of morpholine rings is 1. The van der Waals surface area contributed by atoms with Crippen LogP contribution in [-0.2, 0) is 17.3 Å². The Morgan fingerprint density at radius 1 is 1.11 bits per heavy atom. The lowest BCUT2D eigenvalue weighted by Gasteiger charge is -2.26. The number of benzene rings is 2. The normalized spacial score (nSPS) is 16.2. The molecule has 0 aromatic heterocycles. The van der Waals surface area contributed by atoms with E-state index in [2.05, 4.69) is 15.5 Å². The van der Waals surface area contributed by atoms with E-state index in [9.17, 15) is 22.8 Å². The predicted molar refractivity (Wildman–Crippen MR) is 129 cm³/mol. The summed E-state index contributed by atoms with van der Waals surface area (Å²) in [6.45, 7) is 4.52. The van der Waals surface area contributed by atoms with Gasteiger partial charge < -0.3 is 15.4 Å². The van der Waals surface area contributed by atoms with Gasteiger partial charge >= 0.3 is 12.2 Å². The van der Waals surface area contributed by atoms with E-state index in [0.717, 1.165) is 37.5 Å². The van der Waals surface area contributed by atoms with Gasteiger partial charge in [0.1, 0.15) is 0 Å². The first-order valence-electron chi connectivity index (χ1n) is 11.3. The van der Waals surface area contributed by atoms with E-state index in [1.807, 2.05) is 0 Å². The fraction of sp³-hybridized carbons (Fsp3) is 0.417. The summed E-state index contributed by atoms with van der Waals surface area (Å²) in [4.78, 5) is 29.1. The highest BCUT2D eigenvalue weighted by molar-refractivity contribution is 7.98. The Hall–Kier alpha value is -2.76. The van der Waals surface area contributed by atoms with Crippen LogP contribution in [0.15, 0.2) is 41.3 Å². The number of hydrogen-bond donors (Lipinski definition) is 2. The van der Waals surface area contributed by atoms with Gasteiger partial charge in [-0.25, -0.2) is 4.79 Å². The Morgan fingerprint density at radius 2 is 1.89 bits per heavy atom. The molecule has 2 aliphatic rings. The summed E-state index contributed by atoms with van der Waals surface area (Å²) in [6, 6.07) is 8.50. The van der Waals surface area contributed by atoms with Crippen LogP contribution >= 0.6 is 11.8 Å². The first-order chi connectivity index (χ1) is 16.8. The van der Waals surface area contributed by atoms with E-state index in [1.54, 1.807) is 30.5 Å². The van der Waals surface area contributed by atoms with Gasteiger partial charge in [0.15, 0.2) is 0 Å². The van der Waals surface area contributed by atoms with Crippen molar-refractivity contribution in [3.63, 3.8) is 0 Å². The highest BCUT2D eigenvalue weighted by Gasteiger charge is 2.36. The summed E-state index contributed by atoms with van der Waals surface area (Å²) in [5.74, 6) is -0.264. The van der Waals surface area contributed by atoms with Crippen LogP contribution in [-0.4, -0.2) is 69.0 Å². The highest BCUT2D eigenvalue weighted by Crippen LogP contribution is 2.42. The number of halogens is 3. The minimum absolute atomic E-state index is 0.144. The van der Waals surface area contributed by atoms with E-state index in [-0.39, 0.29) is 23.0 Å². The van der Waals surface area contributed by atoms with E-state index in [4.69, 9.17) is 4.74 Å². The van der Waals surface area contributed by atoms with Crippen LogP contribution in [0.5, 0.6) is 0 Å². The minimum atomic E-state index is -4.51. The summed E-state index contributed by atoms with van der Waals surface area (Å²) in [5, 5.41) is 5.59. The molecule has 2 aromatic carbocycles. The van der Waals surface area contributed by atoms with Crippen molar-refractivity contribution in [2.45, 2.75) is 17.5 Å². The lowest BCUT2D eigenvalue weighted by atomic mass is 10.1. The van der Waals surface area contributed by atoms with Gasteiger partial charge in [-0.05, 0) is 48.6 Å². The lowest BCUT2D eigenvalue weighted by molar-refractivity contribution is -0.139. The Kier molecular flexibility index (Phi) is 7.88. The van der Waals surface area contributed by atoms with Crippen molar-refractivity contribution < 1.29 is 27.5 Å². The number of hydrogen-bond acceptors (Lipinski definition) is 5. The largest absolute Gasteiger partial charge is 0.417 e. The molecule has 0 spiro atoms. The predicted octanol–water partition coefficient (Wildman–Crippen LogP) is 4.08. The first kappa shape index (κ1) is 25.3. The molecule has 2 aromatic rings. The fourth-order valence-electron chi connectivity index (χ4n) is 4.20. The second-order valence-corrected chi connectivity index (χ2v) is 9.15. The number of thioether (sulfide) groups is 1. The molecule has 3 amide bonds. The average molecular weight is 509 g/mol. The van der Waals surface area contributed by atoms with Crippen molar-refractivity contribution >= 4 is 35.1 Å². The van der Waals surface area contributed by atoms with Crippen molar-refractivity contribution in [1.29, 1.82) is 0 Å². The fourth-order valence-corrected chi connectivity index (χ4v) is 4.85. The van der Waals surface area contributed by atoms with Gasteiger partial charge in [0, 0.05) is 54.6 Å². The third-order valence-corrected chi connectivity index (χ3v) is 6.82. The number of urea groups is 1. The third kappa shape index (κ3) is 6.09. The number of fused-ring (bicyclic) bond motifs is 1. The molecular weight excluding hydrogens is 481 g/mol. The number of amides is 3. The van der Waals surface area contributed by atoms with Gasteiger partial charge in [0.05, 0.1) is 18.8 Å². The second-order valence-electron chi connectivity index (χ2n) is 8.30. The quantitative estimate of drug-likeness (QED) is 0.576. The van der Waals surface area contributed by atoms with Crippen LogP contribution in [0, 0.1) is 0 Å². The van der Waals surface area contributed by atoms with Crippen molar-refractivity contribution in [2.24, 2.45) is 0 Å². The van der Waals surface area contributed by atoms with Crippen LogP contribution < -0.4 is 15.5 Å². The molecule has 188 valence electrons. The molecule has 0 saturated carbocycles. The van der Waals surface area contributed by atoms with Crippen LogP contribution in [0.4, 0.5) is 29.3 Å². The van der Waals surface area contributed by atoms with E-state index in [1.165, 1.54) is 11.0 Å². The molecular formula is C24H27F3N4O3S. The minimum Gasteiger partial charge on any atom is -0.379 e. The number of carbonyl (C=O) groups excluding carboxylic acids is 2. The molecule has 0 bridgehead atoms. The number of rotatable bonds is 6. The van der Waals surface area contributed by atoms with Gasteiger partial charge in [-0.15, -0.1) is 11.8 Å². The monoisotopic (exact) mass is 508 g/mol. The van der Waals surface area contributed by atoms with E-state index >= 15 is 0 Å². The number of alkyl halides is 3. The summed E-state index contributed by atoms with van der Waals surface area (Å²) >= 11 is 1.03. The summed E-state index contributed by atoms with van der Waals surface area (Å²) in [7, 11) is 0. The molecule has 7 nitrogen and oxygen atoms in total. The van der Waals surface area contributed by atoms with Gasteiger partial charge in [-0.1, -0.05) is 6.07 Å². The molecule has 0 unspecified atom stereocenters. The van der Waals surface area contributed by atoms with Crippen molar-refractivity contribution in [3.8, 4) is 0 Å². The van der Waals surface area contributed by atoms with Gasteiger partial charge in [0.2, 0.25) is 0 Å². The average Bonchev–Trinajstić information content (AvgIpc) is 3.26. The smallest absolute Gasteiger partial charge is 0.379 e. The number of carbonyl (C=O) groups is 2.